The Morgan fingerprint density at radius 2 is 1.72 bits per heavy atom. The number of hydrogen-bond donors (Lipinski definition) is 1. The average molecular weight is 455 g/mol. The van der Waals surface area contributed by atoms with Crippen LogP contribution in [0.4, 0.5) is 22.0 Å². The summed E-state index contributed by atoms with van der Waals surface area (Å²) in [6.45, 7) is 2.34. The van der Waals surface area contributed by atoms with Crippen LogP contribution in [-0.4, -0.2) is 28.2 Å². The molecule has 1 aromatic heterocycles. The van der Waals surface area contributed by atoms with E-state index in [1.807, 2.05) is 13.8 Å². The molecule has 2 aromatic carbocycles. The van der Waals surface area contributed by atoms with Gasteiger partial charge < -0.3 is 14.6 Å². The first-order valence-electron chi connectivity index (χ1n) is 9.87. The molecular formula is C22H22F5N3O2. The second kappa shape index (κ2) is 9.64. The molecule has 0 spiro atoms. The van der Waals surface area contributed by atoms with Gasteiger partial charge in [-0.15, -0.1) is 0 Å². The van der Waals surface area contributed by atoms with E-state index in [9.17, 15) is 26.7 Å². The molecule has 0 bridgehead atoms. The number of amides is 1. The van der Waals surface area contributed by atoms with Crippen LogP contribution in [-0.2, 0) is 22.7 Å². The SMILES string of the molecule is CC(C)C(C(=O)NCc1ccc(COCC(F)(F)F)cc1)n1cnc2cc(F)c(F)cc21. The Bertz CT molecular complexity index is 1080. The fraction of sp³-hybridized carbons (Fsp3) is 0.364. The number of ether oxygens (including phenoxy) is 1. The maximum atomic E-state index is 13.7. The predicted octanol–water partition coefficient (Wildman–Crippen LogP) is 4.91. The summed E-state index contributed by atoms with van der Waals surface area (Å²) in [6, 6.07) is 7.90. The van der Waals surface area contributed by atoms with Crippen molar-refractivity contribution < 1.29 is 31.5 Å². The summed E-state index contributed by atoms with van der Waals surface area (Å²) in [4.78, 5) is 17.0. The zero-order chi connectivity index (χ0) is 23.5. The number of fused-ring (bicyclic) bond motifs is 1. The van der Waals surface area contributed by atoms with Crippen LogP contribution < -0.4 is 5.32 Å². The molecule has 0 aliphatic rings. The number of halogens is 5. The molecule has 1 unspecified atom stereocenters. The van der Waals surface area contributed by atoms with Crippen molar-refractivity contribution >= 4 is 16.9 Å². The number of nitrogens with zero attached hydrogens (tertiary/aromatic N) is 2. The topological polar surface area (TPSA) is 56.1 Å². The molecule has 5 nitrogen and oxygen atoms in total. The van der Waals surface area contributed by atoms with E-state index in [0.29, 0.717) is 11.1 Å². The number of imidazole rings is 1. The lowest BCUT2D eigenvalue weighted by atomic mass is 10.0. The van der Waals surface area contributed by atoms with Crippen LogP contribution in [0.25, 0.3) is 11.0 Å². The molecule has 1 atom stereocenters. The van der Waals surface area contributed by atoms with Gasteiger partial charge in [-0.3, -0.25) is 4.79 Å². The molecule has 1 heterocycles. The van der Waals surface area contributed by atoms with Gasteiger partial charge >= 0.3 is 6.18 Å². The molecule has 0 saturated heterocycles. The van der Waals surface area contributed by atoms with Gasteiger partial charge in [-0.05, 0) is 17.0 Å². The van der Waals surface area contributed by atoms with Crippen LogP contribution in [0.2, 0.25) is 0 Å². The molecule has 1 N–H and O–H groups in total. The Morgan fingerprint density at radius 1 is 1.09 bits per heavy atom. The normalized spacial score (nSPS) is 13.0. The molecule has 1 amide bonds. The van der Waals surface area contributed by atoms with Gasteiger partial charge in [-0.1, -0.05) is 38.1 Å². The first kappa shape index (κ1) is 23.6. The second-order valence-electron chi connectivity index (χ2n) is 7.74. The highest BCUT2D eigenvalue weighted by atomic mass is 19.4. The summed E-state index contributed by atoms with van der Waals surface area (Å²) in [7, 11) is 0. The van der Waals surface area contributed by atoms with Crippen LogP contribution in [0.1, 0.15) is 31.0 Å². The van der Waals surface area contributed by atoms with Crippen molar-refractivity contribution in [3.05, 3.63) is 65.5 Å². The van der Waals surface area contributed by atoms with Gasteiger partial charge in [0.05, 0.1) is 24.0 Å². The highest BCUT2D eigenvalue weighted by Gasteiger charge is 2.27. The number of nitrogens with one attached hydrogen (secondary N) is 1. The number of alkyl halides is 3. The van der Waals surface area contributed by atoms with Crippen molar-refractivity contribution in [2.24, 2.45) is 5.92 Å². The molecule has 0 aliphatic carbocycles. The quantitative estimate of drug-likeness (QED) is 0.492. The van der Waals surface area contributed by atoms with E-state index in [1.54, 1.807) is 24.3 Å². The fourth-order valence-corrected chi connectivity index (χ4v) is 3.33. The van der Waals surface area contributed by atoms with E-state index < -0.39 is 30.5 Å². The van der Waals surface area contributed by atoms with Gasteiger partial charge in [0.2, 0.25) is 5.91 Å². The summed E-state index contributed by atoms with van der Waals surface area (Å²) < 4.78 is 69.8. The monoisotopic (exact) mass is 455 g/mol. The van der Waals surface area contributed by atoms with Gasteiger partial charge in [-0.25, -0.2) is 13.8 Å². The van der Waals surface area contributed by atoms with Gasteiger partial charge in [0.15, 0.2) is 11.6 Å². The molecule has 32 heavy (non-hydrogen) atoms. The van der Waals surface area contributed by atoms with Crippen molar-refractivity contribution in [2.75, 3.05) is 6.61 Å². The van der Waals surface area contributed by atoms with Crippen molar-refractivity contribution in [1.29, 1.82) is 0 Å². The first-order valence-corrected chi connectivity index (χ1v) is 9.87. The van der Waals surface area contributed by atoms with Gasteiger partial charge in [0.1, 0.15) is 12.6 Å². The van der Waals surface area contributed by atoms with E-state index in [2.05, 4.69) is 15.0 Å². The second-order valence-corrected chi connectivity index (χ2v) is 7.74. The van der Waals surface area contributed by atoms with Crippen LogP contribution >= 0.6 is 0 Å². The number of carbonyl (C=O) groups is 1. The number of carbonyl (C=O) groups excluding carboxylic acids is 1. The predicted molar refractivity (Wildman–Crippen MR) is 108 cm³/mol. The Morgan fingerprint density at radius 3 is 2.34 bits per heavy atom. The summed E-state index contributed by atoms with van der Waals surface area (Å²) in [6.07, 6.45) is -3.00. The Hall–Kier alpha value is -3.01. The largest absolute Gasteiger partial charge is 0.411 e. The van der Waals surface area contributed by atoms with Crippen LogP contribution in [0, 0.1) is 17.6 Å². The van der Waals surface area contributed by atoms with Crippen LogP contribution in [0.3, 0.4) is 0 Å². The van der Waals surface area contributed by atoms with Crippen molar-refractivity contribution in [3.8, 4) is 0 Å². The van der Waals surface area contributed by atoms with Crippen LogP contribution in [0.15, 0.2) is 42.7 Å². The summed E-state index contributed by atoms with van der Waals surface area (Å²) in [5.74, 6) is -2.54. The smallest absolute Gasteiger partial charge is 0.367 e. The Balaban J connectivity index is 1.66. The summed E-state index contributed by atoms with van der Waals surface area (Å²) in [5, 5.41) is 2.81. The lowest BCUT2D eigenvalue weighted by Gasteiger charge is -2.22. The lowest BCUT2D eigenvalue weighted by molar-refractivity contribution is -0.176. The molecule has 3 aromatic rings. The molecule has 0 aliphatic heterocycles. The summed E-state index contributed by atoms with van der Waals surface area (Å²) in [5.41, 5.74) is 1.86. The zero-order valence-electron chi connectivity index (χ0n) is 17.4. The van der Waals surface area contributed by atoms with E-state index in [-0.39, 0.29) is 30.5 Å². The van der Waals surface area contributed by atoms with E-state index in [4.69, 9.17) is 0 Å². The Labute approximate surface area is 181 Å². The number of benzene rings is 2. The molecular weight excluding hydrogens is 433 g/mol. The highest BCUT2D eigenvalue weighted by Crippen LogP contribution is 2.25. The van der Waals surface area contributed by atoms with E-state index in [1.165, 1.54) is 10.9 Å². The van der Waals surface area contributed by atoms with Crippen LogP contribution in [0.5, 0.6) is 0 Å². The van der Waals surface area contributed by atoms with Gasteiger partial charge in [-0.2, -0.15) is 13.2 Å². The third kappa shape index (κ3) is 5.82. The maximum absolute atomic E-state index is 13.7. The number of aromatic nitrogens is 2. The van der Waals surface area contributed by atoms with E-state index >= 15 is 0 Å². The van der Waals surface area contributed by atoms with Gasteiger partial charge in [0, 0.05) is 18.7 Å². The third-order valence-electron chi connectivity index (χ3n) is 4.84. The fourth-order valence-electron chi connectivity index (χ4n) is 3.33. The first-order chi connectivity index (χ1) is 15.0. The average Bonchev–Trinajstić information content (AvgIpc) is 3.09. The molecule has 10 heteroatoms. The van der Waals surface area contributed by atoms with Crippen molar-refractivity contribution in [1.82, 2.24) is 14.9 Å². The minimum Gasteiger partial charge on any atom is -0.367 e. The Kier molecular flexibility index (Phi) is 7.12. The molecule has 0 saturated carbocycles. The maximum Gasteiger partial charge on any atom is 0.411 e. The highest BCUT2D eigenvalue weighted by molar-refractivity contribution is 5.84. The number of rotatable bonds is 8. The van der Waals surface area contributed by atoms with Crippen molar-refractivity contribution in [3.63, 3.8) is 0 Å². The molecule has 0 fully saturated rings. The molecule has 3 rings (SSSR count). The molecule has 0 radical (unpaired) electrons. The summed E-state index contributed by atoms with van der Waals surface area (Å²) >= 11 is 0. The third-order valence-corrected chi connectivity index (χ3v) is 4.84. The molecule has 172 valence electrons. The minimum atomic E-state index is -4.38. The number of hydrogen-bond acceptors (Lipinski definition) is 3. The zero-order valence-corrected chi connectivity index (χ0v) is 17.4. The lowest BCUT2D eigenvalue weighted by Crippen LogP contribution is -2.34. The van der Waals surface area contributed by atoms with Gasteiger partial charge in [0.25, 0.3) is 0 Å². The standard InChI is InChI=1S/C22H22F5N3O2/c1-13(2)20(30-12-29-18-7-16(23)17(24)8-19(18)30)21(31)28-9-14-3-5-15(6-4-14)10-32-11-22(25,26)27/h3-8,12-13,20H,9-11H2,1-2H3,(H,28,31). The minimum absolute atomic E-state index is 0.173. The van der Waals surface area contributed by atoms with E-state index in [0.717, 1.165) is 17.7 Å². The van der Waals surface area contributed by atoms with Crippen molar-refractivity contribution in [2.45, 2.75) is 39.2 Å².